The van der Waals surface area contributed by atoms with E-state index in [0.717, 1.165) is 27.9 Å². The van der Waals surface area contributed by atoms with Crippen molar-refractivity contribution < 1.29 is 9.32 Å². The van der Waals surface area contributed by atoms with Gasteiger partial charge in [0.2, 0.25) is 11.7 Å². The van der Waals surface area contributed by atoms with Crippen molar-refractivity contribution >= 4 is 11.6 Å². The smallest absolute Gasteiger partial charge is 0.259 e. The summed E-state index contributed by atoms with van der Waals surface area (Å²) >= 11 is 0. The first-order chi connectivity index (χ1) is 14.9. The molecule has 0 aliphatic carbocycles. The second kappa shape index (κ2) is 8.39. The van der Waals surface area contributed by atoms with Crippen molar-refractivity contribution in [2.45, 2.75) is 27.3 Å². The van der Waals surface area contributed by atoms with Gasteiger partial charge in [-0.05, 0) is 44.0 Å². The molecule has 2 aromatic carbocycles. The Bertz CT molecular complexity index is 1300. The Morgan fingerprint density at radius 2 is 1.68 bits per heavy atom. The Labute approximate surface area is 179 Å². The maximum Gasteiger partial charge on any atom is 0.259 e. The number of pyridine rings is 1. The quantitative estimate of drug-likeness (QED) is 0.530. The van der Waals surface area contributed by atoms with E-state index in [9.17, 15) is 9.59 Å². The number of hydrogen-bond acceptors (Lipinski definition) is 5. The molecule has 0 spiro atoms. The predicted octanol–water partition coefficient (Wildman–Crippen LogP) is 4.13. The third kappa shape index (κ3) is 4.61. The van der Waals surface area contributed by atoms with Crippen molar-refractivity contribution in [2.75, 3.05) is 5.32 Å². The summed E-state index contributed by atoms with van der Waals surface area (Å²) in [6.45, 7) is 5.76. The third-order valence-corrected chi connectivity index (χ3v) is 4.95. The average molecular weight is 414 g/mol. The van der Waals surface area contributed by atoms with Crippen molar-refractivity contribution in [3.63, 3.8) is 0 Å². The van der Waals surface area contributed by atoms with Gasteiger partial charge >= 0.3 is 0 Å². The van der Waals surface area contributed by atoms with E-state index in [4.69, 9.17) is 4.52 Å². The van der Waals surface area contributed by atoms with Gasteiger partial charge in [0.15, 0.2) is 0 Å². The molecule has 2 aromatic heterocycles. The lowest BCUT2D eigenvalue weighted by Gasteiger charge is -2.11. The van der Waals surface area contributed by atoms with E-state index in [2.05, 4.69) is 15.5 Å². The first kappa shape index (κ1) is 20.3. The highest BCUT2D eigenvalue weighted by Crippen LogP contribution is 2.22. The van der Waals surface area contributed by atoms with Gasteiger partial charge in [0.05, 0.1) is 5.56 Å². The summed E-state index contributed by atoms with van der Waals surface area (Å²) in [6.07, 6.45) is 1.55. The molecule has 4 rings (SSSR count). The molecular weight excluding hydrogens is 392 g/mol. The fourth-order valence-electron chi connectivity index (χ4n) is 3.16. The maximum absolute atomic E-state index is 12.5. The zero-order valence-electron chi connectivity index (χ0n) is 17.5. The standard InChI is InChI=1S/C24H22N4O3/c1-15-5-8-18(9-6-15)23-26-24(31-27-23)19-10-11-22(30)28(13-19)14-21(29)25-20-12-16(2)4-7-17(20)3/h4-13H,14H2,1-3H3,(H,25,29). The lowest BCUT2D eigenvalue weighted by Crippen LogP contribution is -2.27. The largest absolute Gasteiger partial charge is 0.334 e. The summed E-state index contributed by atoms with van der Waals surface area (Å²) in [5.41, 5.74) is 4.97. The van der Waals surface area contributed by atoms with Crippen LogP contribution in [0.5, 0.6) is 0 Å². The molecule has 31 heavy (non-hydrogen) atoms. The van der Waals surface area contributed by atoms with Gasteiger partial charge in [0.1, 0.15) is 6.54 Å². The van der Waals surface area contributed by atoms with Gasteiger partial charge < -0.3 is 14.4 Å². The second-order valence-corrected chi connectivity index (χ2v) is 7.54. The van der Waals surface area contributed by atoms with Crippen LogP contribution in [-0.2, 0) is 11.3 Å². The molecule has 0 saturated heterocycles. The van der Waals surface area contributed by atoms with Crippen LogP contribution in [0.3, 0.4) is 0 Å². The summed E-state index contributed by atoms with van der Waals surface area (Å²) in [4.78, 5) is 29.3. The number of nitrogens with one attached hydrogen (secondary N) is 1. The Kier molecular flexibility index (Phi) is 5.49. The van der Waals surface area contributed by atoms with E-state index in [1.807, 2.05) is 63.2 Å². The van der Waals surface area contributed by atoms with Gasteiger partial charge in [-0.25, -0.2) is 0 Å². The molecular formula is C24H22N4O3. The molecule has 0 aliphatic heterocycles. The van der Waals surface area contributed by atoms with E-state index >= 15 is 0 Å². The Balaban J connectivity index is 1.55. The number of aromatic nitrogens is 3. The summed E-state index contributed by atoms with van der Waals surface area (Å²) in [7, 11) is 0. The van der Waals surface area contributed by atoms with Crippen LogP contribution in [0.15, 0.2) is 70.1 Å². The third-order valence-electron chi connectivity index (χ3n) is 4.95. The van der Waals surface area contributed by atoms with E-state index in [0.29, 0.717) is 11.4 Å². The number of benzene rings is 2. The summed E-state index contributed by atoms with van der Waals surface area (Å²) in [5, 5.41) is 6.89. The van der Waals surface area contributed by atoms with Crippen molar-refractivity contribution in [1.82, 2.24) is 14.7 Å². The van der Waals surface area contributed by atoms with Gasteiger partial charge in [-0.3, -0.25) is 9.59 Å². The molecule has 7 nitrogen and oxygen atoms in total. The number of amides is 1. The number of nitrogens with zero attached hydrogens (tertiary/aromatic N) is 3. The fraction of sp³-hybridized carbons (Fsp3) is 0.167. The first-order valence-electron chi connectivity index (χ1n) is 9.88. The monoisotopic (exact) mass is 414 g/mol. The lowest BCUT2D eigenvalue weighted by atomic mass is 10.1. The Morgan fingerprint density at radius 1 is 0.968 bits per heavy atom. The number of carbonyl (C=O) groups excluding carboxylic acids is 1. The van der Waals surface area contributed by atoms with Crippen molar-refractivity contribution in [3.8, 4) is 22.8 Å². The Hall–Kier alpha value is -4.00. The zero-order valence-corrected chi connectivity index (χ0v) is 17.5. The maximum atomic E-state index is 12.5. The predicted molar refractivity (Wildman–Crippen MR) is 119 cm³/mol. The van der Waals surface area contributed by atoms with Crippen molar-refractivity contribution in [3.05, 3.63) is 87.8 Å². The van der Waals surface area contributed by atoms with E-state index < -0.39 is 0 Å². The number of aryl methyl sites for hydroxylation is 3. The minimum absolute atomic E-state index is 0.126. The highest BCUT2D eigenvalue weighted by molar-refractivity contribution is 5.91. The molecule has 156 valence electrons. The van der Waals surface area contributed by atoms with Gasteiger partial charge in [-0.2, -0.15) is 4.98 Å². The van der Waals surface area contributed by atoms with E-state index in [1.54, 1.807) is 12.3 Å². The number of anilines is 1. The Morgan fingerprint density at radius 3 is 2.45 bits per heavy atom. The van der Waals surface area contributed by atoms with Crippen LogP contribution in [0.2, 0.25) is 0 Å². The molecule has 2 heterocycles. The summed E-state index contributed by atoms with van der Waals surface area (Å²) < 4.78 is 6.71. The van der Waals surface area contributed by atoms with Crippen LogP contribution in [0.1, 0.15) is 16.7 Å². The molecule has 7 heteroatoms. The zero-order chi connectivity index (χ0) is 22.0. The highest BCUT2D eigenvalue weighted by atomic mass is 16.5. The molecule has 0 fully saturated rings. The van der Waals surface area contributed by atoms with Gasteiger partial charge in [-0.1, -0.05) is 47.1 Å². The fourth-order valence-corrected chi connectivity index (χ4v) is 3.16. The molecule has 0 atom stereocenters. The summed E-state index contributed by atoms with van der Waals surface area (Å²) in [6, 6.07) is 16.6. The van der Waals surface area contributed by atoms with Gasteiger partial charge in [-0.15, -0.1) is 0 Å². The average Bonchev–Trinajstić information content (AvgIpc) is 3.23. The molecule has 0 saturated carbocycles. The van der Waals surface area contributed by atoms with Gasteiger partial charge in [0.25, 0.3) is 11.4 Å². The van der Waals surface area contributed by atoms with E-state index in [-0.39, 0.29) is 23.9 Å². The molecule has 4 aromatic rings. The molecule has 1 N–H and O–H groups in total. The second-order valence-electron chi connectivity index (χ2n) is 7.54. The molecule has 0 unspecified atom stereocenters. The number of carbonyl (C=O) groups is 1. The minimum atomic E-state index is -0.293. The van der Waals surface area contributed by atoms with Gasteiger partial charge in [0, 0.05) is 23.5 Å². The van der Waals surface area contributed by atoms with Crippen LogP contribution in [0.4, 0.5) is 5.69 Å². The molecule has 0 bridgehead atoms. The minimum Gasteiger partial charge on any atom is -0.334 e. The normalized spacial score (nSPS) is 10.8. The van der Waals surface area contributed by atoms with Crippen LogP contribution in [0.25, 0.3) is 22.8 Å². The molecule has 0 aliphatic rings. The van der Waals surface area contributed by atoms with Crippen LogP contribution < -0.4 is 10.9 Å². The highest BCUT2D eigenvalue weighted by Gasteiger charge is 2.13. The van der Waals surface area contributed by atoms with Crippen molar-refractivity contribution in [2.24, 2.45) is 0 Å². The molecule has 1 amide bonds. The first-order valence-corrected chi connectivity index (χ1v) is 9.88. The SMILES string of the molecule is Cc1ccc(-c2noc(-c3ccc(=O)n(CC(=O)Nc4cc(C)ccc4C)c3)n2)cc1. The van der Waals surface area contributed by atoms with Crippen LogP contribution in [-0.4, -0.2) is 20.6 Å². The molecule has 0 radical (unpaired) electrons. The topological polar surface area (TPSA) is 90.0 Å². The summed E-state index contributed by atoms with van der Waals surface area (Å²) in [5.74, 6) is 0.443. The van der Waals surface area contributed by atoms with Crippen LogP contribution >= 0.6 is 0 Å². The number of hydrogen-bond donors (Lipinski definition) is 1. The lowest BCUT2D eigenvalue weighted by molar-refractivity contribution is -0.116. The van der Waals surface area contributed by atoms with E-state index in [1.165, 1.54) is 10.6 Å². The van der Waals surface area contributed by atoms with Crippen LogP contribution in [0, 0.1) is 20.8 Å². The number of rotatable bonds is 5. The van der Waals surface area contributed by atoms with Crippen molar-refractivity contribution in [1.29, 1.82) is 0 Å².